The van der Waals surface area contributed by atoms with Gasteiger partial charge in [-0.05, 0) is 53.8 Å². The normalized spacial score (nSPS) is 13.5. The monoisotopic (exact) mass is 320 g/mol. The Morgan fingerprint density at radius 2 is 1.82 bits per heavy atom. The average Bonchev–Trinajstić information content (AvgIpc) is 2.45. The number of aromatic carboxylic acids is 1. The van der Waals surface area contributed by atoms with Crippen molar-refractivity contribution in [2.75, 3.05) is 0 Å². The van der Waals surface area contributed by atoms with E-state index < -0.39 is 17.6 Å². The maximum atomic E-state index is 14.2. The van der Waals surface area contributed by atoms with Gasteiger partial charge in [-0.25, -0.2) is 13.6 Å². The molecule has 1 N–H and O–H groups in total. The topological polar surface area (TPSA) is 37.3 Å². The van der Waals surface area contributed by atoms with Crippen molar-refractivity contribution in [1.29, 1.82) is 0 Å². The summed E-state index contributed by atoms with van der Waals surface area (Å²) >= 11 is 5.65. The lowest BCUT2D eigenvalue weighted by Gasteiger charge is -2.19. The Balaban J connectivity index is 2.21. The number of benzene rings is 2. The molecule has 112 valence electrons. The number of aryl methyl sites for hydroxylation is 1. The van der Waals surface area contributed by atoms with Crippen molar-refractivity contribution >= 4 is 23.1 Å². The number of rotatable bonds is 2. The van der Waals surface area contributed by atoms with Gasteiger partial charge in [-0.2, -0.15) is 0 Å². The van der Waals surface area contributed by atoms with Crippen LogP contribution in [-0.4, -0.2) is 11.1 Å². The Labute approximate surface area is 130 Å². The van der Waals surface area contributed by atoms with Crippen molar-refractivity contribution in [3.05, 3.63) is 75.3 Å². The number of hydrogen-bond acceptors (Lipinski definition) is 1. The van der Waals surface area contributed by atoms with Crippen molar-refractivity contribution < 1.29 is 18.7 Å². The molecule has 0 saturated heterocycles. The average molecular weight is 321 g/mol. The fourth-order valence-corrected chi connectivity index (χ4v) is 2.89. The van der Waals surface area contributed by atoms with E-state index in [1.54, 1.807) is 12.1 Å². The molecule has 0 unspecified atom stereocenters. The quantitative estimate of drug-likeness (QED) is 0.871. The van der Waals surface area contributed by atoms with Crippen LogP contribution >= 0.6 is 11.6 Å². The Morgan fingerprint density at radius 1 is 1.14 bits per heavy atom. The van der Waals surface area contributed by atoms with Crippen molar-refractivity contribution in [1.82, 2.24) is 0 Å². The molecule has 0 saturated carbocycles. The van der Waals surface area contributed by atoms with Crippen LogP contribution in [0.5, 0.6) is 0 Å². The zero-order valence-electron chi connectivity index (χ0n) is 11.4. The zero-order valence-corrected chi connectivity index (χ0v) is 12.1. The Hall–Kier alpha value is -2.20. The number of halogens is 3. The van der Waals surface area contributed by atoms with E-state index in [0.717, 1.165) is 17.7 Å². The minimum Gasteiger partial charge on any atom is -0.478 e. The Morgan fingerprint density at radius 3 is 2.45 bits per heavy atom. The second-order valence-electron chi connectivity index (χ2n) is 5.08. The number of carbonyl (C=O) groups is 1. The third-order valence-electron chi connectivity index (χ3n) is 3.69. The Kier molecular flexibility index (Phi) is 3.71. The first kappa shape index (κ1) is 14.7. The molecule has 3 rings (SSSR count). The summed E-state index contributed by atoms with van der Waals surface area (Å²) in [5, 5.41) is 9.08. The maximum absolute atomic E-state index is 14.2. The second-order valence-corrected chi connectivity index (χ2v) is 5.51. The first-order valence-electron chi connectivity index (χ1n) is 6.69. The summed E-state index contributed by atoms with van der Waals surface area (Å²) in [4.78, 5) is 11.1. The van der Waals surface area contributed by atoms with Gasteiger partial charge in [-0.15, -0.1) is 0 Å². The number of allylic oxidation sites excluding steroid dienone is 1. The van der Waals surface area contributed by atoms with Crippen LogP contribution < -0.4 is 0 Å². The van der Waals surface area contributed by atoms with Crippen LogP contribution in [0.25, 0.3) is 5.57 Å². The second kappa shape index (κ2) is 5.54. The van der Waals surface area contributed by atoms with E-state index in [0.29, 0.717) is 24.0 Å². The highest BCUT2D eigenvalue weighted by Gasteiger charge is 2.22. The molecule has 0 bridgehead atoms. The van der Waals surface area contributed by atoms with Gasteiger partial charge in [0.1, 0.15) is 11.6 Å². The van der Waals surface area contributed by atoms with E-state index in [1.165, 1.54) is 12.1 Å². The molecule has 0 atom stereocenters. The largest absolute Gasteiger partial charge is 0.478 e. The lowest BCUT2D eigenvalue weighted by atomic mass is 9.85. The van der Waals surface area contributed by atoms with Crippen LogP contribution in [0.15, 0.2) is 36.4 Å². The highest BCUT2D eigenvalue weighted by molar-refractivity contribution is 6.30. The number of carboxylic acids is 1. The molecule has 0 spiro atoms. The predicted molar refractivity (Wildman–Crippen MR) is 80.2 cm³/mol. The van der Waals surface area contributed by atoms with Gasteiger partial charge in [-0.3, -0.25) is 0 Å². The van der Waals surface area contributed by atoms with Crippen LogP contribution in [0.1, 0.15) is 33.5 Å². The van der Waals surface area contributed by atoms with Gasteiger partial charge >= 0.3 is 5.97 Å². The van der Waals surface area contributed by atoms with Gasteiger partial charge in [0.25, 0.3) is 0 Å². The third kappa shape index (κ3) is 2.50. The third-order valence-corrected chi connectivity index (χ3v) is 3.90. The SMILES string of the molecule is O=C(O)c1ccc2c(c1)C(c1c(F)cc(Cl)cc1F)=CCC2. The van der Waals surface area contributed by atoms with Crippen LogP contribution in [-0.2, 0) is 6.42 Å². The predicted octanol–water partition coefficient (Wildman–Crippen LogP) is 4.69. The molecule has 0 heterocycles. The molecule has 2 aromatic rings. The van der Waals surface area contributed by atoms with E-state index in [1.807, 2.05) is 0 Å². The molecule has 1 aliphatic rings. The lowest BCUT2D eigenvalue weighted by molar-refractivity contribution is 0.0697. The van der Waals surface area contributed by atoms with E-state index in [2.05, 4.69) is 0 Å². The number of carboxylic acid groups (broad SMARTS) is 1. The molecule has 0 amide bonds. The summed E-state index contributed by atoms with van der Waals surface area (Å²) < 4.78 is 28.3. The lowest BCUT2D eigenvalue weighted by Crippen LogP contribution is -2.07. The van der Waals surface area contributed by atoms with Crippen molar-refractivity contribution in [3.8, 4) is 0 Å². The van der Waals surface area contributed by atoms with Crippen LogP contribution in [0.4, 0.5) is 8.78 Å². The fraction of sp³-hybridized carbons (Fsp3) is 0.118. The molecule has 5 heteroatoms. The summed E-state index contributed by atoms with van der Waals surface area (Å²) in [6.45, 7) is 0. The van der Waals surface area contributed by atoms with Crippen molar-refractivity contribution in [2.45, 2.75) is 12.8 Å². The summed E-state index contributed by atoms with van der Waals surface area (Å²) in [5.74, 6) is -2.60. The molecular formula is C17H11ClF2O2. The summed E-state index contributed by atoms with van der Waals surface area (Å²) in [7, 11) is 0. The van der Waals surface area contributed by atoms with E-state index in [4.69, 9.17) is 16.7 Å². The first-order valence-corrected chi connectivity index (χ1v) is 7.07. The van der Waals surface area contributed by atoms with Crippen LogP contribution in [0.2, 0.25) is 5.02 Å². The van der Waals surface area contributed by atoms with Crippen LogP contribution in [0, 0.1) is 11.6 Å². The molecule has 0 radical (unpaired) electrons. The van der Waals surface area contributed by atoms with Crippen molar-refractivity contribution in [2.24, 2.45) is 0 Å². The standard InChI is InChI=1S/C17H11ClF2O2/c18-11-7-14(19)16(15(20)8-11)12-3-1-2-9-4-5-10(17(21)22)6-13(9)12/h3-8H,1-2H2,(H,21,22). The summed E-state index contributed by atoms with van der Waals surface area (Å²) in [5.41, 5.74) is 1.70. The molecule has 0 aliphatic heterocycles. The van der Waals surface area contributed by atoms with E-state index in [9.17, 15) is 13.6 Å². The van der Waals surface area contributed by atoms with Gasteiger partial charge in [0.15, 0.2) is 0 Å². The van der Waals surface area contributed by atoms with Gasteiger partial charge in [0, 0.05) is 5.02 Å². The molecule has 0 fully saturated rings. The number of hydrogen-bond donors (Lipinski definition) is 1. The van der Waals surface area contributed by atoms with E-state index >= 15 is 0 Å². The molecule has 2 aromatic carbocycles. The molecule has 2 nitrogen and oxygen atoms in total. The van der Waals surface area contributed by atoms with Gasteiger partial charge in [0.05, 0.1) is 11.1 Å². The van der Waals surface area contributed by atoms with Crippen LogP contribution in [0.3, 0.4) is 0 Å². The molecule has 22 heavy (non-hydrogen) atoms. The molecule has 0 aromatic heterocycles. The van der Waals surface area contributed by atoms with Gasteiger partial charge in [0.2, 0.25) is 0 Å². The minimum absolute atomic E-state index is 0.0188. The highest BCUT2D eigenvalue weighted by atomic mass is 35.5. The van der Waals surface area contributed by atoms with Crippen molar-refractivity contribution in [3.63, 3.8) is 0 Å². The van der Waals surface area contributed by atoms with Gasteiger partial charge in [-0.1, -0.05) is 23.7 Å². The maximum Gasteiger partial charge on any atom is 0.335 e. The summed E-state index contributed by atoms with van der Waals surface area (Å²) in [6, 6.07) is 6.75. The van der Waals surface area contributed by atoms with Gasteiger partial charge < -0.3 is 5.11 Å². The zero-order chi connectivity index (χ0) is 15.9. The smallest absolute Gasteiger partial charge is 0.335 e. The highest BCUT2D eigenvalue weighted by Crippen LogP contribution is 2.36. The number of fused-ring (bicyclic) bond motifs is 1. The first-order chi connectivity index (χ1) is 10.5. The minimum atomic E-state index is -1.08. The summed E-state index contributed by atoms with van der Waals surface area (Å²) in [6.07, 6.45) is 3.06. The molecular weight excluding hydrogens is 310 g/mol. The Bertz CT molecular complexity index is 789. The van der Waals surface area contributed by atoms with E-state index in [-0.39, 0.29) is 16.1 Å². The fourth-order valence-electron chi connectivity index (χ4n) is 2.70. The molecule has 1 aliphatic carbocycles.